The van der Waals surface area contributed by atoms with E-state index in [2.05, 4.69) is 59.2 Å². The van der Waals surface area contributed by atoms with Crippen LogP contribution < -0.4 is 0 Å². The Morgan fingerprint density at radius 1 is 1.22 bits per heavy atom. The van der Waals surface area contributed by atoms with E-state index < -0.39 is 0 Å². The van der Waals surface area contributed by atoms with E-state index >= 15 is 0 Å². The first-order chi connectivity index (χ1) is 11.2. The average Bonchev–Trinajstić information content (AvgIpc) is 2.56. The van der Waals surface area contributed by atoms with Gasteiger partial charge in [0.05, 0.1) is 0 Å². The van der Waals surface area contributed by atoms with Crippen LogP contribution >= 0.6 is 0 Å². The molecule has 1 aromatic carbocycles. The Kier molecular flexibility index (Phi) is 5.42. The molecule has 3 nitrogen and oxygen atoms in total. The van der Waals surface area contributed by atoms with Crippen LogP contribution in [0.3, 0.4) is 0 Å². The minimum absolute atomic E-state index is 0.806. The maximum absolute atomic E-state index is 4.22. The zero-order chi connectivity index (χ0) is 16.1. The topological polar surface area (TPSA) is 19.4 Å². The van der Waals surface area contributed by atoms with Gasteiger partial charge >= 0.3 is 0 Å². The van der Waals surface area contributed by atoms with Crippen LogP contribution in [0.25, 0.3) is 11.1 Å². The number of nitrogens with zero attached hydrogens (tertiary/aromatic N) is 3. The molecule has 3 rings (SSSR count). The van der Waals surface area contributed by atoms with Gasteiger partial charge in [-0.05, 0) is 68.2 Å². The van der Waals surface area contributed by atoms with Crippen molar-refractivity contribution < 1.29 is 0 Å². The van der Waals surface area contributed by atoms with Crippen LogP contribution in [0.5, 0.6) is 0 Å². The van der Waals surface area contributed by atoms with Gasteiger partial charge in [-0.25, -0.2) is 0 Å². The highest BCUT2D eigenvalue weighted by Crippen LogP contribution is 2.21. The number of hydrogen-bond donors (Lipinski definition) is 0. The smallest absolute Gasteiger partial charge is 0.0346 e. The zero-order valence-electron chi connectivity index (χ0n) is 14.3. The van der Waals surface area contributed by atoms with Gasteiger partial charge in [-0.2, -0.15) is 0 Å². The third-order valence-electron chi connectivity index (χ3n) is 4.67. The summed E-state index contributed by atoms with van der Waals surface area (Å²) in [6.07, 6.45) is 6.46. The van der Waals surface area contributed by atoms with E-state index in [1.165, 1.54) is 49.2 Å². The zero-order valence-corrected chi connectivity index (χ0v) is 14.3. The average molecular weight is 309 g/mol. The molecule has 0 unspecified atom stereocenters. The molecule has 0 radical (unpaired) electrons. The van der Waals surface area contributed by atoms with E-state index in [9.17, 15) is 0 Å². The third-order valence-corrected chi connectivity index (χ3v) is 4.67. The lowest BCUT2D eigenvalue weighted by molar-refractivity contribution is 0.164. The standard InChI is InChI=1S/C20H27N3/c1-22-11-5-7-18(15-22)16-23(2)14-17-6-3-8-19(12-17)20-9-4-10-21-13-20/h3-4,6,8-10,12-13,18H,5,7,11,14-16H2,1-2H3/t18-/m0/s1. The Hall–Kier alpha value is -1.71. The molecule has 1 aliphatic rings. The van der Waals surface area contributed by atoms with Crippen molar-refractivity contribution in [3.05, 3.63) is 54.4 Å². The maximum atomic E-state index is 4.22. The summed E-state index contributed by atoms with van der Waals surface area (Å²) in [6.45, 7) is 4.68. The fourth-order valence-corrected chi connectivity index (χ4v) is 3.62. The summed E-state index contributed by atoms with van der Waals surface area (Å²) in [5.41, 5.74) is 3.81. The predicted molar refractivity (Wildman–Crippen MR) is 96.2 cm³/mol. The molecule has 0 spiro atoms. The summed E-state index contributed by atoms with van der Waals surface area (Å²) in [5, 5.41) is 0. The molecule has 0 N–H and O–H groups in total. The summed E-state index contributed by atoms with van der Waals surface area (Å²) in [5.74, 6) is 0.806. The van der Waals surface area contributed by atoms with Crippen LogP contribution in [0.15, 0.2) is 48.8 Å². The van der Waals surface area contributed by atoms with Crippen LogP contribution in [-0.2, 0) is 6.54 Å². The number of pyridine rings is 1. The Balaban J connectivity index is 1.61. The van der Waals surface area contributed by atoms with Gasteiger partial charge in [0.25, 0.3) is 0 Å². The van der Waals surface area contributed by atoms with Crippen molar-refractivity contribution in [2.24, 2.45) is 5.92 Å². The molecule has 1 fully saturated rings. The van der Waals surface area contributed by atoms with Crippen molar-refractivity contribution in [3.63, 3.8) is 0 Å². The Morgan fingerprint density at radius 3 is 2.87 bits per heavy atom. The van der Waals surface area contributed by atoms with E-state index in [-0.39, 0.29) is 0 Å². The van der Waals surface area contributed by atoms with Gasteiger partial charge in [-0.1, -0.05) is 24.3 Å². The molecule has 2 heterocycles. The first-order valence-electron chi connectivity index (χ1n) is 8.57. The fraction of sp³-hybridized carbons (Fsp3) is 0.450. The summed E-state index contributed by atoms with van der Waals surface area (Å²) >= 11 is 0. The summed E-state index contributed by atoms with van der Waals surface area (Å²) in [6, 6.07) is 12.9. The van der Waals surface area contributed by atoms with Crippen molar-refractivity contribution in [2.45, 2.75) is 19.4 Å². The van der Waals surface area contributed by atoms with E-state index in [1.54, 1.807) is 0 Å². The lowest BCUT2D eigenvalue weighted by Gasteiger charge is -2.32. The molecule has 0 bridgehead atoms. The quantitative estimate of drug-likeness (QED) is 0.842. The molecule has 1 aliphatic heterocycles. The van der Waals surface area contributed by atoms with Crippen molar-refractivity contribution in [1.29, 1.82) is 0 Å². The molecule has 1 aromatic heterocycles. The monoisotopic (exact) mass is 309 g/mol. The molecule has 0 aliphatic carbocycles. The number of piperidine rings is 1. The second kappa shape index (κ2) is 7.71. The third kappa shape index (κ3) is 4.63. The van der Waals surface area contributed by atoms with Crippen molar-refractivity contribution in [1.82, 2.24) is 14.8 Å². The first kappa shape index (κ1) is 16.2. The number of benzene rings is 1. The van der Waals surface area contributed by atoms with E-state index in [1.807, 2.05) is 18.5 Å². The number of likely N-dealkylation sites (tertiary alicyclic amines) is 1. The van der Waals surface area contributed by atoms with E-state index in [4.69, 9.17) is 0 Å². The molecular weight excluding hydrogens is 282 g/mol. The normalized spacial score (nSPS) is 19.2. The van der Waals surface area contributed by atoms with Gasteiger partial charge in [0.15, 0.2) is 0 Å². The Bertz CT molecular complexity index is 611. The minimum Gasteiger partial charge on any atom is -0.306 e. The molecule has 1 saturated heterocycles. The first-order valence-corrected chi connectivity index (χ1v) is 8.57. The predicted octanol–water partition coefficient (Wildman–Crippen LogP) is 3.52. The van der Waals surface area contributed by atoms with Gasteiger partial charge < -0.3 is 9.80 Å². The number of rotatable bonds is 5. The number of hydrogen-bond acceptors (Lipinski definition) is 3. The van der Waals surface area contributed by atoms with Crippen LogP contribution in [0.1, 0.15) is 18.4 Å². The van der Waals surface area contributed by atoms with Crippen LogP contribution in [0, 0.1) is 5.92 Å². The SMILES string of the molecule is CN1CCC[C@H](CN(C)Cc2cccc(-c3cccnc3)c2)C1. The largest absolute Gasteiger partial charge is 0.306 e. The second-order valence-corrected chi connectivity index (χ2v) is 6.91. The lowest BCUT2D eigenvalue weighted by atomic mass is 9.97. The Labute approximate surface area is 140 Å². The van der Waals surface area contributed by atoms with Crippen LogP contribution in [-0.4, -0.2) is 48.5 Å². The molecular formula is C20H27N3. The van der Waals surface area contributed by atoms with Gasteiger partial charge in [-0.3, -0.25) is 4.98 Å². The molecule has 23 heavy (non-hydrogen) atoms. The lowest BCUT2D eigenvalue weighted by Crippen LogP contribution is -2.37. The molecule has 2 aromatic rings. The highest BCUT2D eigenvalue weighted by atomic mass is 15.1. The van der Waals surface area contributed by atoms with Gasteiger partial charge in [-0.15, -0.1) is 0 Å². The van der Waals surface area contributed by atoms with E-state index in [0.29, 0.717) is 0 Å². The molecule has 1 atom stereocenters. The Morgan fingerprint density at radius 2 is 2.09 bits per heavy atom. The van der Waals surface area contributed by atoms with Gasteiger partial charge in [0, 0.05) is 32.0 Å². The second-order valence-electron chi connectivity index (χ2n) is 6.91. The van der Waals surface area contributed by atoms with Crippen molar-refractivity contribution in [2.75, 3.05) is 33.7 Å². The van der Waals surface area contributed by atoms with E-state index in [0.717, 1.165) is 12.5 Å². The van der Waals surface area contributed by atoms with Gasteiger partial charge in [0.2, 0.25) is 0 Å². The molecule has 0 amide bonds. The van der Waals surface area contributed by atoms with Crippen molar-refractivity contribution in [3.8, 4) is 11.1 Å². The summed E-state index contributed by atoms with van der Waals surface area (Å²) in [4.78, 5) is 9.15. The molecule has 122 valence electrons. The van der Waals surface area contributed by atoms with Crippen LogP contribution in [0.2, 0.25) is 0 Å². The fourth-order valence-electron chi connectivity index (χ4n) is 3.62. The number of aromatic nitrogens is 1. The van der Waals surface area contributed by atoms with Crippen molar-refractivity contribution >= 4 is 0 Å². The minimum atomic E-state index is 0.806. The van der Waals surface area contributed by atoms with Gasteiger partial charge in [0.1, 0.15) is 0 Å². The highest BCUT2D eigenvalue weighted by molar-refractivity contribution is 5.62. The molecule has 0 saturated carbocycles. The van der Waals surface area contributed by atoms with Crippen LogP contribution in [0.4, 0.5) is 0 Å². The maximum Gasteiger partial charge on any atom is 0.0346 e. The summed E-state index contributed by atoms with van der Waals surface area (Å²) in [7, 11) is 4.48. The summed E-state index contributed by atoms with van der Waals surface area (Å²) < 4.78 is 0. The molecule has 3 heteroatoms. The highest BCUT2D eigenvalue weighted by Gasteiger charge is 2.18.